The second-order valence-corrected chi connectivity index (χ2v) is 17.4. The van der Waals surface area contributed by atoms with Crippen LogP contribution in [0.3, 0.4) is 0 Å². The average molecular weight is 885 g/mol. The van der Waals surface area contributed by atoms with Crippen molar-refractivity contribution in [2.24, 2.45) is 0 Å². The number of esters is 2. The minimum absolute atomic E-state index is 0.0865. The fraction of sp³-hybridized carbons (Fsp3) is 0.745. The number of carbonyl (C=O) groups is 2. The molecule has 1 aliphatic rings. The van der Waals surface area contributed by atoms with E-state index in [0.29, 0.717) is 12.8 Å². The summed E-state index contributed by atoms with van der Waals surface area (Å²) in [6.07, 6.45) is 31.3. The number of rotatable bonds is 37. The molecule has 0 radical (unpaired) electrons. The molecule has 0 amide bonds. The van der Waals surface area contributed by atoms with Crippen molar-refractivity contribution in [2.75, 3.05) is 13.2 Å². The molecule has 14 heteroatoms. The van der Waals surface area contributed by atoms with Crippen molar-refractivity contribution >= 4 is 19.8 Å². The van der Waals surface area contributed by atoms with Crippen LogP contribution in [0.2, 0.25) is 0 Å². The number of ether oxygens (including phenoxy) is 2. The molecule has 1 saturated carbocycles. The van der Waals surface area contributed by atoms with Crippen LogP contribution in [-0.2, 0) is 32.7 Å². The standard InChI is InChI=1S/C47H81O13P/c1-3-5-7-9-11-13-15-17-19-20-22-24-26-28-30-32-34-36-41(49)59-39(38-58-61(55,56)60-47-45(53)43(51)42(50)44(52)46(47)54)37-57-40(48)35-33-31-29-27-25-23-21-18-16-14-12-10-8-6-4-2/h6,8,10,12-16,18,21,39,42-47,50-54H,3-5,7,9,11,17,19-20,22-38H2,1-2H3,(H,55,56)/b8-6+,12-10+,15-13+,16-14+,21-18+/t39-,42?,43+,44?,45?,46?,47?/m1/s1. The van der Waals surface area contributed by atoms with E-state index in [2.05, 4.69) is 38.2 Å². The Bertz CT molecular complexity index is 1300. The first-order valence-electron chi connectivity index (χ1n) is 23.1. The molecule has 352 valence electrons. The van der Waals surface area contributed by atoms with Crippen LogP contribution in [0.15, 0.2) is 60.8 Å². The molecule has 6 unspecified atom stereocenters. The van der Waals surface area contributed by atoms with Crippen molar-refractivity contribution in [3.63, 3.8) is 0 Å². The number of allylic oxidation sites excluding steroid dienone is 10. The predicted octanol–water partition coefficient (Wildman–Crippen LogP) is 8.94. The highest BCUT2D eigenvalue weighted by molar-refractivity contribution is 7.47. The number of aliphatic hydroxyl groups is 5. The van der Waals surface area contributed by atoms with Crippen LogP contribution in [-0.4, -0.2) is 98.3 Å². The van der Waals surface area contributed by atoms with E-state index in [1.54, 1.807) is 0 Å². The normalized spacial score (nSPS) is 22.6. The van der Waals surface area contributed by atoms with Gasteiger partial charge in [-0.2, -0.15) is 0 Å². The SMILES string of the molecule is CC/C=C/C=C/C=C/C=C/CCCCCCCC(=O)OC[C@H](COP(=O)(O)OC1C(O)C(O)C(O)[C@H](O)C1O)OC(=O)CCCCCCCCCCC/C=C/CCCCCC. The highest BCUT2D eigenvalue weighted by Gasteiger charge is 2.51. The van der Waals surface area contributed by atoms with E-state index >= 15 is 0 Å². The molecule has 13 nitrogen and oxygen atoms in total. The van der Waals surface area contributed by atoms with Gasteiger partial charge >= 0.3 is 19.8 Å². The summed E-state index contributed by atoms with van der Waals surface area (Å²) in [5.41, 5.74) is 0. The zero-order chi connectivity index (χ0) is 45.0. The third-order valence-corrected chi connectivity index (χ3v) is 11.4. The second kappa shape index (κ2) is 37.0. The molecule has 0 aliphatic heterocycles. The molecule has 0 aromatic heterocycles. The van der Waals surface area contributed by atoms with Crippen molar-refractivity contribution < 1.29 is 63.1 Å². The fourth-order valence-electron chi connectivity index (χ4n) is 6.70. The number of phosphoric acid groups is 1. The molecule has 1 aliphatic carbocycles. The van der Waals surface area contributed by atoms with Gasteiger partial charge in [0.15, 0.2) is 6.10 Å². The molecular weight excluding hydrogens is 803 g/mol. The van der Waals surface area contributed by atoms with Crippen LogP contribution in [0.5, 0.6) is 0 Å². The lowest BCUT2D eigenvalue weighted by Gasteiger charge is -2.41. The smallest absolute Gasteiger partial charge is 0.462 e. The van der Waals surface area contributed by atoms with Gasteiger partial charge in [-0.1, -0.05) is 158 Å². The summed E-state index contributed by atoms with van der Waals surface area (Å²) >= 11 is 0. The van der Waals surface area contributed by atoms with Gasteiger partial charge in [0.1, 0.15) is 43.2 Å². The van der Waals surface area contributed by atoms with E-state index in [0.717, 1.165) is 70.6 Å². The first kappa shape index (κ1) is 56.6. The molecule has 0 heterocycles. The summed E-state index contributed by atoms with van der Waals surface area (Å²) < 4.78 is 33.5. The van der Waals surface area contributed by atoms with Crippen molar-refractivity contribution in [1.82, 2.24) is 0 Å². The Morgan fingerprint density at radius 2 is 0.951 bits per heavy atom. The van der Waals surface area contributed by atoms with Crippen LogP contribution < -0.4 is 0 Å². The average Bonchev–Trinajstić information content (AvgIpc) is 3.24. The van der Waals surface area contributed by atoms with Gasteiger partial charge in [0.2, 0.25) is 0 Å². The van der Waals surface area contributed by atoms with Crippen LogP contribution in [0.25, 0.3) is 0 Å². The van der Waals surface area contributed by atoms with E-state index < -0.39 is 75.7 Å². The van der Waals surface area contributed by atoms with Gasteiger partial charge < -0.3 is 39.9 Å². The zero-order valence-electron chi connectivity index (χ0n) is 37.2. The molecule has 0 saturated heterocycles. The number of hydrogen-bond acceptors (Lipinski definition) is 12. The molecule has 0 spiro atoms. The summed E-state index contributed by atoms with van der Waals surface area (Å²) in [6.45, 7) is 3.12. The van der Waals surface area contributed by atoms with E-state index in [-0.39, 0.29) is 12.8 Å². The number of hydrogen-bond donors (Lipinski definition) is 6. The number of unbranched alkanes of at least 4 members (excludes halogenated alkanes) is 18. The molecular formula is C47H81O13P. The lowest BCUT2D eigenvalue weighted by molar-refractivity contribution is -0.220. The molecule has 61 heavy (non-hydrogen) atoms. The van der Waals surface area contributed by atoms with E-state index in [1.165, 1.54) is 57.8 Å². The van der Waals surface area contributed by atoms with Crippen molar-refractivity contribution in [3.05, 3.63) is 60.8 Å². The van der Waals surface area contributed by atoms with Crippen LogP contribution in [0.1, 0.15) is 168 Å². The Morgan fingerprint density at radius 3 is 1.48 bits per heavy atom. The van der Waals surface area contributed by atoms with Crippen LogP contribution in [0.4, 0.5) is 0 Å². The summed E-state index contributed by atoms with van der Waals surface area (Å²) in [5.74, 6) is -1.13. The van der Waals surface area contributed by atoms with E-state index in [4.69, 9.17) is 18.5 Å². The molecule has 8 atom stereocenters. The van der Waals surface area contributed by atoms with Gasteiger partial charge in [-0.25, -0.2) is 4.57 Å². The molecule has 1 rings (SSSR count). The first-order chi connectivity index (χ1) is 29.4. The lowest BCUT2D eigenvalue weighted by Crippen LogP contribution is -2.64. The quantitative estimate of drug-likeness (QED) is 0.0113. The maximum Gasteiger partial charge on any atom is 0.472 e. The van der Waals surface area contributed by atoms with Crippen molar-refractivity contribution in [1.29, 1.82) is 0 Å². The van der Waals surface area contributed by atoms with Crippen LogP contribution >= 0.6 is 7.82 Å². The number of phosphoric ester groups is 1. The monoisotopic (exact) mass is 885 g/mol. The Kier molecular flexibility index (Phi) is 34.3. The molecule has 0 aromatic rings. The highest BCUT2D eigenvalue weighted by Crippen LogP contribution is 2.47. The van der Waals surface area contributed by atoms with Gasteiger partial charge in [0.05, 0.1) is 6.61 Å². The van der Waals surface area contributed by atoms with Gasteiger partial charge in [-0.05, 0) is 57.8 Å². The van der Waals surface area contributed by atoms with E-state index in [9.17, 15) is 44.6 Å². The third kappa shape index (κ3) is 29.5. The third-order valence-electron chi connectivity index (χ3n) is 10.4. The Morgan fingerprint density at radius 1 is 0.525 bits per heavy atom. The maximum atomic E-state index is 12.8. The molecule has 1 fully saturated rings. The topological polar surface area (TPSA) is 210 Å². The van der Waals surface area contributed by atoms with Gasteiger partial charge in [-0.3, -0.25) is 18.6 Å². The molecule has 0 bridgehead atoms. The Balaban J connectivity index is 2.47. The van der Waals surface area contributed by atoms with Gasteiger partial charge in [0, 0.05) is 12.8 Å². The summed E-state index contributed by atoms with van der Waals surface area (Å²) in [5, 5.41) is 50.1. The summed E-state index contributed by atoms with van der Waals surface area (Å²) in [7, 11) is -5.13. The predicted molar refractivity (Wildman–Crippen MR) is 239 cm³/mol. The van der Waals surface area contributed by atoms with E-state index in [1.807, 2.05) is 36.5 Å². The van der Waals surface area contributed by atoms with Crippen molar-refractivity contribution in [3.8, 4) is 0 Å². The largest absolute Gasteiger partial charge is 0.472 e. The maximum absolute atomic E-state index is 12.8. The Labute approximate surface area is 366 Å². The van der Waals surface area contributed by atoms with Gasteiger partial charge in [0.25, 0.3) is 0 Å². The number of carbonyl (C=O) groups excluding carboxylic acids is 2. The van der Waals surface area contributed by atoms with Gasteiger partial charge in [-0.15, -0.1) is 0 Å². The molecule has 6 N–H and O–H groups in total. The highest BCUT2D eigenvalue weighted by atomic mass is 31.2. The summed E-state index contributed by atoms with van der Waals surface area (Å²) in [6, 6.07) is 0. The van der Waals surface area contributed by atoms with Crippen LogP contribution in [0, 0.1) is 0 Å². The zero-order valence-corrected chi connectivity index (χ0v) is 38.1. The summed E-state index contributed by atoms with van der Waals surface area (Å²) in [4.78, 5) is 35.7. The minimum atomic E-state index is -5.13. The fourth-order valence-corrected chi connectivity index (χ4v) is 7.68. The minimum Gasteiger partial charge on any atom is -0.462 e. The Hall–Kier alpha value is -2.45. The number of aliphatic hydroxyl groups excluding tert-OH is 5. The lowest BCUT2D eigenvalue weighted by atomic mass is 9.85. The molecule has 0 aromatic carbocycles. The first-order valence-corrected chi connectivity index (χ1v) is 24.6. The second-order valence-electron chi connectivity index (χ2n) is 16.0. The van der Waals surface area contributed by atoms with Crippen molar-refractivity contribution in [2.45, 2.75) is 211 Å².